The molecule has 1 aliphatic carbocycles. The van der Waals surface area contributed by atoms with E-state index in [-0.39, 0.29) is 0 Å². The topological polar surface area (TPSA) is 0 Å². The standard InChI is InChI=1S/C12H26N/c1-11(13(2,3)4)12-9-7-5-6-8-10-12/h11-12H,5-10H2,1-4H3/q+1. The Kier molecular flexibility index (Phi) is 3.78. The lowest BCUT2D eigenvalue weighted by Crippen LogP contribution is -2.47. The van der Waals surface area contributed by atoms with Crippen LogP contribution >= 0.6 is 0 Å². The van der Waals surface area contributed by atoms with Crippen molar-refractivity contribution in [1.82, 2.24) is 0 Å². The molecule has 13 heavy (non-hydrogen) atoms. The third-order valence-electron chi connectivity index (χ3n) is 3.80. The summed E-state index contributed by atoms with van der Waals surface area (Å²) in [6, 6.07) is 0.832. The van der Waals surface area contributed by atoms with E-state index in [0.29, 0.717) is 0 Å². The molecule has 1 aliphatic rings. The zero-order valence-electron chi connectivity index (χ0n) is 9.84. The minimum Gasteiger partial charge on any atom is -0.328 e. The van der Waals surface area contributed by atoms with E-state index in [4.69, 9.17) is 0 Å². The molecular formula is C12H26N+. The van der Waals surface area contributed by atoms with Gasteiger partial charge in [-0.05, 0) is 19.8 Å². The van der Waals surface area contributed by atoms with Crippen molar-refractivity contribution in [2.24, 2.45) is 5.92 Å². The van der Waals surface area contributed by atoms with Crippen LogP contribution in [0.3, 0.4) is 0 Å². The highest BCUT2D eigenvalue weighted by Gasteiger charge is 2.28. The van der Waals surface area contributed by atoms with Crippen LogP contribution in [-0.2, 0) is 0 Å². The summed E-state index contributed by atoms with van der Waals surface area (Å²) in [6.07, 6.45) is 8.82. The zero-order valence-corrected chi connectivity index (χ0v) is 9.84. The van der Waals surface area contributed by atoms with Gasteiger partial charge in [0.1, 0.15) is 0 Å². The molecule has 0 aromatic heterocycles. The van der Waals surface area contributed by atoms with Crippen molar-refractivity contribution in [3.8, 4) is 0 Å². The average Bonchev–Trinajstić information content (AvgIpc) is 2.28. The van der Waals surface area contributed by atoms with Crippen molar-refractivity contribution in [3.63, 3.8) is 0 Å². The molecule has 0 saturated heterocycles. The van der Waals surface area contributed by atoms with Gasteiger partial charge in [-0.15, -0.1) is 0 Å². The Hall–Kier alpha value is -0.0400. The quantitative estimate of drug-likeness (QED) is 0.457. The number of rotatable bonds is 2. The summed E-state index contributed by atoms with van der Waals surface area (Å²) in [5.74, 6) is 0.975. The summed E-state index contributed by atoms with van der Waals surface area (Å²) in [7, 11) is 6.99. The molecule has 1 atom stereocenters. The second kappa shape index (κ2) is 4.45. The normalized spacial score (nSPS) is 24.0. The van der Waals surface area contributed by atoms with E-state index in [2.05, 4.69) is 28.1 Å². The predicted molar refractivity (Wildman–Crippen MR) is 58.7 cm³/mol. The van der Waals surface area contributed by atoms with Crippen molar-refractivity contribution in [2.45, 2.75) is 51.5 Å². The van der Waals surface area contributed by atoms with Gasteiger partial charge in [-0.1, -0.05) is 25.7 Å². The molecule has 1 heteroatoms. The Balaban J connectivity index is 2.48. The maximum absolute atomic E-state index is 2.43. The molecule has 1 rings (SSSR count). The van der Waals surface area contributed by atoms with E-state index in [0.717, 1.165) is 16.4 Å². The summed E-state index contributed by atoms with van der Waals surface area (Å²) in [6.45, 7) is 2.43. The van der Waals surface area contributed by atoms with Crippen LogP contribution in [0.15, 0.2) is 0 Å². The van der Waals surface area contributed by atoms with Crippen LogP contribution in [0, 0.1) is 5.92 Å². The number of hydrogen-bond acceptors (Lipinski definition) is 0. The number of nitrogens with zero attached hydrogens (tertiary/aromatic N) is 1. The molecule has 1 saturated carbocycles. The molecule has 1 fully saturated rings. The molecule has 0 bridgehead atoms. The number of hydrogen-bond donors (Lipinski definition) is 0. The molecule has 0 spiro atoms. The largest absolute Gasteiger partial charge is 0.328 e. The maximum atomic E-state index is 2.43. The van der Waals surface area contributed by atoms with Crippen molar-refractivity contribution < 1.29 is 4.48 Å². The van der Waals surface area contributed by atoms with E-state index >= 15 is 0 Å². The molecule has 0 radical (unpaired) electrons. The molecule has 0 aromatic carbocycles. The fourth-order valence-corrected chi connectivity index (χ4v) is 2.43. The molecule has 0 aliphatic heterocycles. The molecule has 1 unspecified atom stereocenters. The van der Waals surface area contributed by atoms with Crippen LogP contribution in [0.2, 0.25) is 0 Å². The van der Waals surface area contributed by atoms with Gasteiger partial charge >= 0.3 is 0 Å². The van der Waals surface area contributed by atoms with Gasteiger partial charge in [0, 0.05) is 5.92 Å². The van der Waals surface area contributed by atoms with Crippen LogP contribution in [0.5, 0.6) is 0 Å². The first-order valence-corrected chi connectivity index (χ1v) is 5.83. The van der Waals surface area contributed by atoms with E-state index in [1.54, 1.807) is 0 Å². The molecule has 0 heterocycles. The van der Waals surface area contributed by atoms with Crippen LogP contribution in [-0.4, -0.2) is 31.7 Å². The Morgan fingerprint density at radius 2 is 1.38 bits per heavy atom. The first kappa shape index (κ1) is 11.0. The first-order valence-electron chi connectivity index (χ1n) is 5.83. The number of quaternary nitrogens is 1. The molecule has 0 N–H and O–H groups in total. The van der Waals surface area contributed by atoms with Crippen molar-refractivity contribution in [3.05, 3.63) is 0 Å². The lowest BCUT2D eigenvalue weighted by Gasteiger charge is -2.36. The summed E-state index contributed by atoms with van der Waals surface area (Å²) < 4.78 is 1.13. The van der Waals surface area contributed by atoms with Gasteiger partial charge in [-0.3, -0.25) is 0 Å². The Labute approximate surface area is 83.7 Å². The van der Waals surface area contributed by atoms with Gasteiger partial charge < -0.3 is 4.48 Å². The highest BCUT2D eigenvalue weighted by atomic mass is 15.3. The van der Waals surface area contributed by atoms with E-state index in [1.165, 1.54) is 38.5 Å². The Morgan fingerprint density at radius 1 is 0.923 bits per heavy atom. The fourth-order valence-electron chi connectivity index (χ4n) is 2.43. The smallest absolute Gasteiger partial charge is 0.0884 e. The second-order valence-corrected chi connectivity index (χ2v) is 5.61. The van der Waals surface area contributed by atoms with E-state index in [1.807, 2.05) is 0 Å². The second-order valence-electron chi connectivity index (χ2n) is 5.61. The molecular weight excluding hydrogens is 158 g/mol. The predicted octanol–water partition coefficient (Wildman–Crippen LogP) is 3.05. The van der Waals surface area contributed by atoms with Gasteiger partial charge in [0.2, 0.25) is 0 Å². The van der Waals surface area contributed by atoms with E-state index in [9.17, 15) is 0 Å². The van der Waals surface area contributed by atoms with Gasteiger partial charge in [-0.25, -0.2) is 0 Å². The van der Waals surface area contributed by atoms with Crippen LogP contribution < -0.4 is 0 Å². The van der Waals surface area contributed by atoms with Gasteiger partial charge in [0.25, 0.3) is 0 Å². The van der Waals surface area contributed by atoms with Crippen LogP contribution in [0.25, 0.3) is 0 Å². The Bertz CT molecular complexity index is 138. The monoisotopic (exact) mass is 184 g/mol. The Morgan fingerprint density at radius 3 is 1.77 bits per heavy atom. The first-order chi connectivity index (χ1) is 6.02. The lowest BCUT2D eigenvalue weighted by atomic mass is 9.91. The third-order valence-corrected chi connectivity index (χ3v) is 3.80. The SMILES string of the molecule is CC(C1CCCCCC1)[N+](C)(C)C. The summed E-state index contributed by atoms with van der Waals surface area (Å²) in [5.41, 5.74) is 0. The molecule has 0 amide bonds. The molecule has 1 nitrogen and oxygen atoms in total. The summed E-state index contributed by atoms with van der Waals surface area (Å²) >= 11 is 0. The highest BCUT2D eigenvalue weighted by Crippen LogP contribution is 2.28. The van der Waals surface area contributed by atoms with Crippen molar-refractivity contribution >= 4 is 0 Å². The van der Waals surface area contributed by atoms with E-state index < -0.39 is 0 Å². The van der Waals surface area contributed by atoms with Crippen molar-refractivity contribution in [2.75, 3.05) is 21.1 Å². The molecule has 78 valence electrons. The van der Waals surface area contributed by atoms with Crippen molar-refractivity contribution in [1.29, 1.82) is 0 Å². The van der Waals surface area contributed by atoms with Crippen LogP contribution in [0.4, 0.5) is 0 Å². The van der Waals surface area contributed by atoms with Gasteiger partial charge in [-0.2, -0.15) is 0 Å². The van der Waals surface area contributed by atoms with Gasteiger partial charge in [0.05, 0.1) is 27.2 Å². The summed E-state index contributed by atoms with van der Waals surface area (Å²) in [5, 5.41) is 0. The van der Waals surface area contributed by atoms with Crippen LogP contribution in [0.1, 0.15) is 45.4 Å². The third kappa shape index (κ3) is 3.30. The minimum atomic E-state index is 0.832. The molecule has 0 aromatic rings. The fraction of sp³-hybridized carbons (Fsp3) is 1.00. The van der Waals surface area contributed by atoms with Gasteiger partial charge in [0.15, 0.2) is 0 Å². The average molecular weight is 184 g/mol. The zero-order chi connectivity index (χ0) is 9.90. The summed E-state index contributed by atoms with van der Waals surface area (Å²) in [4.78, 5) is 0. The lowest BCUT2D eigenvalue weighted by molar-refractivity contribution is -0.898. The highest BCUT2D eigenvalue weighted by molar-refractivity contribution is 4.70. The minimum absolute atomic E-state index is 0.832. The maximum Gasteiger partial charge on any atom is 0.0884 e.